The monoisotopic (exact) mass is 632 g/mol. The molecule has 240 valence electrons. The average Bonchev–Trinajstić information content (AvgIpc) is 3.18. The van der Waals surface area contributed by atoms with Gasteiger partial charge in [-0.1, -0.05) is 20.8 Å². The zero-order valence-electron chi connectivity index (χ0n) is 27.8. The number of fused-ring (bicyclic) bond motifs is 4. The van der Waals surface area contributed by atoms with Crippen molar-refractivity contribution in [1.29, 1.82) is 0 Å². The van der Waals surface area contributed by atoms with Crippen LogP contribution in [0, 0.1) is 0 Å². The third kappa shape index (κ3) is 5.77. The Bertz CT molecular complexity index is 1850. The molecule has 0 spiro atoms. The lowest BCUT2D eigenvalue weighted by Crippen LogP contribution is -2.40. The van der Waals surface area contributed by atoms with Crippen LogP contribution in [-0.4, -0.2) is 49.9 Å². The molecule has 1 aliphatic carbocycles. The Balaban J connectivity index is 1.72. The Labute approximate surface area is 265 Å². The zero-order valence-corrected chi connectivity index (χ0v) is 28.8. The van der Waals surface area contributed by atoms with Gasteiger partial charge in [0.2, 0.25) is 0 Å². The Hall–Kier alpha value is -4.02. The third-order valence-electron chi connectivity index (χ3n) is 9.63. The molecule has 0 bridgehead atoms. The van der Waals surface area contributed by atoms with E-state index in [0.29, 0.717) is 35.8 Å². The van der Waals surface area contributed by atoms with Gasteiger partial charge in [0.05, 0.1) is 40.2 Å². The van der Waals surface area contributed by atoms with Crippen molar-refractivity contribution < 1.29 is 28.5 Å². The second kappa shape index (κ2) is 12.1. The number of carbonyl (C=O) groups is 1. The van der Waals surface area contributed by atoms with E-state index in [0.717, 1.165) is 46.1 Å². The van der Waals surface area contributed by atoms with Gasteiger partial charge >= 0.3 is 5.97 Å². The second-order valence-electron chi connectivity index (χ2n) is 13.3. The average molecular weight is 633 g/mol. The van der Waals surface area contributed by atoms with Crippen molar-refractivity contribution in [2.45, 2.75) is 71.3 Å². The van der Waals surface area contributed by atoms with Crippen LogP contribution < -0.4 is 15.0 Å². The van der Waals surface area contributed by atoms with Crippen molar-refractivity contribution in [2.75, 3.05) is 21.3 Å². The first-order valence-electron chi connectivity index (χ1n) is 15.3. The first-order valence-corrected chi connectivity index (χ1v) is 18.2. The van der Waals surface area contributed by atoms with Crippen LogP contribution in [0.2, 0.25) is 18.1 Å². The summed E-state index contributed by atoms with van der Waals surface area (Å²) in [4.78, 5) is 27.0. The van der Waals surface area contributed by atoms with Gasteiger partial charge < -0.3 is 32.9 Å². The Morgan fingerprint density at radius 1 is 1.02 bits per heavy atom. The molecule has 0 radical (unpaired) electrons. The summed E-state index contributed by atoms with van der Waals surface area (Å²) in [6.45, 7) is 11.8. The summed E-state index contributed by atoms with van der Waals surface area (Å²) in [6, 6.07) is 11.8. The topological polar surface area (TPSA) is 101 Å². The van der Waals surface area contributed by atoms with E-state index >= 15 is 0 Å². The van der Waals surface area contributed by atoms with E-state index in [2.05, 4.69) is 63.7 Å². The summed E-state index contributed by atoms with van der Waals surface area (Å²) in [5, 5.41) is 12.5. The normalized spacial score (nSPS) is 13.3. The fraction of sp³-hybridized carbons (Fsp3) is 0.429. The Kier molecular flexibility index (Phi) is 8.67. The van der Waals surface area contributed by atoms with E-state index in [1.54, 1.807) is 30.9 Å². The molecule has 0 fully saturated rings. The van der Waals surface area contributed by atoms with E-state index < -0.39 is 19.8 Å². The molecule has 45 heavy (non-hydrogen) atoms. The minimum absolute atomic E-state index is 0.0971. The van der Waals surface area contributed by atoms with Gasteiger partial charge in [-0.3, -0.25) is 4.79 Å². The number of aromatic hydroxyl groups is 1. The summed E-state index contributed by atoms with van der Waals surface area (Å²) in [7, 11) is 4.44. The highest BCUT2D eigenvalue weighted by atomic mass is 28.4. The summed E-state index contributed by atoms with van der Waals surface area (Å²) in [5.41, 5.74) is 4.96. The van der Waals surface area contributed by atoms with Gasteiger partial charge in [0.1, 0.15) is 17.2 Å². The molecule has 2 aromatic heterocycles. The summed E-state index contributed by atoms with van der Waals surface area (Å²) in [5.74, 6) is -0.0244. The fourth-order valence-electron chi connectivity index (χ4n) is 5.88. The van der Waals surface area contributed by atoms with E-state index in [9.17, 15) is 14.7 Å². The molecule has 0 amide bonds. The number of ether oxygens (including phenoxy) is 3. The van der Waals surface area contributed by atoms with Gasteiger partial charge in [0.15, 0.2) is 13.9 Å². The smallest absolute Gasteiger partial charge is 0.347 e. The minimum Gasteiger partial charge on any atom is -0.506 e. The predicted molar refractivity (Wildman–Crippen MR) is 178 cm³/mol. The quantitative estimate of drug-likeness (QED) is 0.173. The molecule has 0 unspecified atom stereocenters. The van der Waals surface area contributed by atoms with Crippen molar-refractivity contribution in [3.8, 4) is 28.5 Å². The molecule has 2 heterocycles. The number of aromatic nitrogens is 2. The summed E-state index contributed by atoms with van der Waals surface area (Å²) < 4.78 is 26.3. The van der Waals surface area contributed by atoms with Gasteiger partial charge in [-0.25, -0.2) is 4.79 Å². The number of benzene rings is 2. The van der Waals surface area contributed by atoms with Crippen molar-refractivity contribution in [3.63, 3.8) is 0 Å². The van der Waals surface area contributed by atoms with Crippen LogP contribution in [0.5, 0.6) is 17.2 Å². The van der Waals surface area contributed by atoms with Crippen LogP contribution in [0.3, 0.4) is 0 Å². The zero-order chi connectivity index (χ0) is 32.8. The van der Waals surface area contributed by atoms with E-state index in [1.165, 1.54) is 7.11 Å². The molecule has 5 rings (SSSR count). The van der Waals surface area contributed by atoms with Gasteiger partial charge in [-0.15, -0.1) is 0 Å². The molecule has 1 N–H and O–H groups in total. The van der Waals surface area contributed by atoms with Crippen molar-refractivity contribution in [2.24, 2.45) is 7.05 Å². The SMILES string of the molecule is COC(=O)c1c(O)c2c(n(Cc3ccc(OC)cc3OC)c1=O)-c1cc3cc(CO[Si](C)(C)C(C)(C)C)n(C)c3cc1CCC2. The first kappa shape index (κ1) is 32.4. The molecule has 2 aromatic carbocycles. The number of pyridine rings is 1. The highest BCUT2D eigenvalue weighted by Gasteiger charge is 2.37. The maximum absolute atomic E-state index is 14.1. The van der Waals surface area contributed by atoms with Crippen LogP contribution in [-0.2, 0) is 42.2 Å². The van der Waals surface area contributed by atoms with Crippen molar-refractivity contribution >= 4 is 25.2 Å². The molecule has 0 saturated carbocycles. The third-order valence-corrected chi connectivity index (χ3v) is 14.1. The lowest BCUT2D eigenvalue weighted by atomic mass is 9.97. The second-order valence-corrected chi connectivity index (χ2v) is 18.1. The van der Waals surface area contributed by atoms with Crippen LogP contribution >= 0.6 is 0 Å². The molecule has 0 aliphatic heterocycles. The summed E-state index contributed by atoms with van der Waals surface area (Å²) >= 11 is 0. The number of rotatable bonds is 8. The highest BCUT2D eigenvalue weighted by Crippen LogP contribution is 2.41. The lowest BCUT2D eigenvalue weighted by molar-refractivity contribution is 0.0594. The number of methoxy groups -OCH3 is 3. The van der Waals surface area contributed by atoms with Crippen LogP contribution in [0.4, 0.5) is 0 Å². The molecule has 10 heteroatoms. The molecule has 1 aliphatic rings. The van der Waals surface area contributed by atoms with E-state index in [1.807, 2.05) is 6.07 Å². The van der Waals surface area contributed by atoms with Gasteiger partial charge in [0, 0.05) is 46.4 Å². The first-order chi connectivity index (χ1) is 21.2. The van der Waals surface area contributed by atoms with Crippen LogP contribution in [0.25, 0.3) is 22.2 Å². The minimum atomic E-state index is -1.96. The number of esters is 1. The maximum atomic E-state index is 14.1. The highest BCUT2D eigenvalue weighted by molar-refractivity contribution is 6.74. The number of hydrogen-bond acceptors (Lipinski definition) is 7. The standard InChI is InChI=1S/C35H44N2O7Si/c1-35(2,3)45(8,9)44-20-24-15-23-16-27-21(17-28(23)36(24)4)11-10-12-26-31(27)37(33(39)30(32(26)38)34(40)43-7)19-22-13-14-25(41-5)18-29(22)42-6/h13-18,38H,10-12,19-20H2,1-9H3. The molecule has 0 atom stereocenters. The molecular formula is C35H44N2O7Si. The molecule has 4 aromatic rings. The molecular weight excluding hydrogens is 588 g/mol. The Morgan fingerprint density at radius 3 is 2.40 bits per heavy atom. The Morgan fingerprint density at radius 2 is 1.76 bits per heavy atom. The van der Waals surface area contributed by atoms with Crippen LogP contribution in [0.15, 0.2) is 41.2 Å². The van der Waals surface area contributed by atoms with Gasteiger partial charge in [-0.05, 0) is 73.3 Å². The summed E-state index contributed by atoms with van der Waals surface area (Å²) in [6.07, 6.45) is 1.96. The maximum Gasteiger partial charge on any atom is 0.347 e. The van der Waals surface area contributed by atoms with Crippen LogP contribution in [0.1, 0.15) is 59.9 Å². The van der Waals surface area contributed by atoms with E-state index in [4.69, 9.17) is 18.6 Å². The van der Waals surface area contributed by atoms with E-state index in [-0.39, 0.29) is 22.9 Å². The number of hydrogen-bond donors (Lipinski definition) is 1. The van der Waals surface area contributed by atoms with Crippen molar-refractivity contribution in [1.82, 2.24) is 9.13 Å². The van der Waals surface area contributed by atoms with Crippen molar-refractivity contribution in [3.05, 3.63) is 74.7 Å². The predicted octanol–water partition coefficient (Wildman–Crippen LogP) is 6.58. The van der Waals surface area contributed by atoms with Gasteiger partial charge in [0.25, 0.3) is 5.56 Å². The fourth-order valence-corrected chi connectivity index (χ4v) is 6.82. The molecule has 0 saturated heterocycles. The number of nitrogens with zero attached hydrogens (tertiary/aromatic N) is 2. The largest absolute Gasteiger partial charge is 0.506 e. The lowest BCUT2D eigenvalue weighted by Gasteiger charge is -2.36. The number of aryl methyl sites for hydroxylation is 2. The van der Waals surface area contributed by atoms with Gasteiger partial charge in [-0.2, -0.15) is 0 Å². The number of carbonyl (C=O) groups excluding carboxylic acids is 1. The molecule has 9 nitrogen and oxygen atoms in total.